The third kappa shape index (κ3) is 3.48. The van der Waals surface area contributed by atoms with Gasteiger partial charge in [-0.2, -0.15) is 5.10 Å². The zero-order valence-electron chi connectivity index (χ0n) is 12.4. The molecule has 1 fully saturated rings. The minimum atomic E-state index is -0.709. The molecule has 5 nitrogen and oxygen atoms in total. The van der Waals surface area contributed by atoms with Crippen LogP contribution in [0.25, 0.3) is 5.69 Å². The number of carbonyl (C=O) groups is 1. The van der Waals surface area contributed by atoms with Crippen molar-refractivity contribution in [3.05, 3.63) is 42.7 Å². The van der Waals surface area contributed by atoms with Crippen LogP contribution in [0, 0.1) is 0 Å². The van der Waals surface area contributed by atoms with Gasteiger partial charge in [-0.15, -0.1) is 12.4 Å². The number of halogens is 1. The van der Waals surface area contributed by atoms with Crippen LogP contribution in [0.3, 0.4) is 0 Å². The highest BCUT2D eigenvalue weighted by Crippen LogP contribution is 2.27. The lowest BCUT2D eigenvalue weighted by atomic mass is 9.82. The smallest absolute Gasteiger partial charge is 0.244 e. The summed E-state index contributed by atoms with van der Waals surface area (Å²) in [4.78, 5) is 12.3. The molecule has 0 spiro atoms. The molecule has 1 aromatic heterocycles. The summed E-state index contributed by atoms with van der Waals surface area (Å²) < 4.78 is 1.77. The molecule has 3 N–H and O–H groups in total. The van der Waals surface area contributed by atoms with Gasteiger partial charge >= 0.3 is 0 Å². The molecule has 0 saturated heterocycles. The van der Waals surface area contributed by atoms with E-state index in [0.717, 1.165) is 37.1 Å². The van der Waals surface area contributed by atoms with E-state index < -0.39 is 5.54 Å². The molecular formula is C16H21ClN4O. The third-order valence-corrected chi connectivity index (χ3v) is 4.09. The minimum Gasteiger partial charge on any atom is -0.324 e. The Morgan fingerprint density at radius 3 is 2.45 bits per heavy atom. The van der Waals surface area contributed by atoms with Crippen LogP contribution in [0.5, 0.6) is 0 Å². The molecule has 0 atom stereocenters. The van der Waals surface area contributed by atoms with Crippen molar-refractivity contribution < 1.29 is 4.79 Å². The number of benzene rings is 1. The first-order valence-electron chi connectivity index (χ1n) is 7.38. The van der Waals surface area contributed by atoms with Gasteiger partial charge in [0.15, 0.2) is 0 Å². The number of aromatic nitrogens is 2. The molecule has 0 radical (unpaired) electrons. The van der Waals surface area contributed by atoms with Gasteiger partial charge < -0.3 is 11.1 Å². The van der Waals surface area contributed by atoms with Crippen LogP contribution in [0.2, 0.25) is 0 Å². The summed E-state index contributed by atoms with van der Waals surface area (Å²) in [6.45, 7) is 0. The molecule has 3 rings (SSSR count). The van der Waals surface area contributed by atoms with E-state index in [1.807, 2.05) is 36.5 Å². The number of hydrogen-bond donors (Lipinski definition) is 2. The molecule has 6 heteroatoms. The zero-order valence-corrected chi connectivity index (χ0v) is 13.2. The number of anilines is 1. The van der Waals surface area contributed by atoms with Gasteiger partial charge in [-0.3, -0.25) is 4.79 Å². The number of amides is 1. The van der Waals surface area contributed by atoms with Gasteiger partial charge in [-0.1, -0.05) is 19.3 Å². The van der Waals surface area contributed by atoms with Crippen LogP contribution in [-0.2, 0) is 4.79 Å². The summed E-state index contributed by atoms with van der Waals surface area (Å²) in [6.07, 6.45) is 8.38. The lowest BCUT2D eigenvalue weighted by Crippen LogP contribution is -2.52. The molecule has 1 aliphatic rings. The molecule has 1 saturated carbocycles. The highest BCUT2D eigenvalue weighted by atomic mass is 35.5. The fourth-order valence-electron chi connectivity index (χ4n) is 2.78. The molecule has 0 unspecified atom stereocenters. The molecule has 0 bridgehead atoms. The highest BCUT2D eigenvalue weighted by Gasteiger charge is 2.35. The van der Waals surface area contributed by atoms with Gasteiger partial charge in [0.2, 0.25) is 5.91 Å². The number of nitrogens with one attached hydrogen (secondary N) is 1. The van der Waals surface area contributed by atoms with Crippen LogP contribution < -0.4 is 11.1 Å². The Bertz CT molecular complexity index is 604. The van der Waals surface area contributed by atoms with Gasteiger partial charge in [0.1, 0.15) is 0 Å². The average Bonchev–Trinajstić information content (AvgIpc) is 3.03. The molecule has 1 amide bonds. The van der Waals surface area contributed by atoms with E-state index in [1.165, 1.54) is 6.42 Å². The first kappa shape index (κ1) is 16.5. The molecule has 118 valence electrons. The molecule has 1 aliphatic carbocycles. The van der Waals surface area contributed by atoms with E-state index in [0.29, 0.717) is 0 Å². The highest BCUT2D eigenvalue weighted by molar-refractivity contribution is 5.98. The summed E-state index contributed by atoms with van der Waals surface area (Å²) in [5.41, 5.74) is 7.25. The quantitative estimate of drug-likeness (QED) is 0.913. The molecule has 2 aromatic rings. The van der Waals surface area contributed by atoms with Crippen molar-refractivity contribution >= 4 is 24.0 Å². The predicted molar refractivity (Wildman–Crippen MR) is 89.4 cm³/mol. The Hall–Kier alpha value is -1.85. The summed E-state index contributed by atoms with van der Waals surface area (Å²) in [6, 6.07) is 9.47. The van der Waals surface area contributed by atoms with Crippen molar-refractivity contribution in [2.24, 2.45) is 5.73 Å². The summed E-state index contributed by atoms with van der Waals surface area (Å²) >= 11 is 0. The number of carbonyl (C=O) groups excluding carboxylic acids is 1. The maximum Gasteiger partial charge on any atom is 0.244 e. The Morgan fingerprint density at radius 2 is 1.86 bits per heavy atom. The van der Waals surface area contributed by atoms with Crippen molar-refractivity contribution in [1.29, 1.82) is 0 Å². The lowest BCUT2D eigenvalue weighted by Gasteiger charge is -2.31. The van der Waals surface area contributed by atoms with Crippen molar-refractivity contribution in [2.75, 3.05) is 5.32 Å². The van der Waals surface area contributed by atoms with Crippen LogP contribution in [0.15, 0.2) is 42.7 Å². The van der Waals surface area contributed by atoms with Crippen molar-refractivity contribution in [3.8, 4) is 5.69 Å². The second-order valence-corrected chi connectivity index (χ2v) is 5.67. The molecule has 1 heterocycles. The summed E-state index contributed by atoms with van der Waals surface area (Å²) in [5.74, 6) is -0.0750. The largest absolute Gasteiger partial charge is 0.324 e. The maximum absolute atomic E-state index is 12.3. The van der Waals surface area contributed by atoms with E-state index in [1.54, 1.807) is 10.9 Å². The standard InChI is InChI=1S/C16H20N4O.ClH/c17-16(9-2-1-3-10-16)15(21)19-13-5-7-14(8-6-13)20-12-4-11-18-20;/h4-8,11-12H,1-3,9-10,17H2,(H,19,21);1H. The summed E-state index contributed by atoms with van der Waals surface area (Å²) in [5, 5.41) is 7.10. The van der Waals surface area contributed by atoms with Crippen LogP contribution in [-0.4, -0.2) is 21.2 Å². The predicted octanol–water partition coefficient (Wildman–Crippen LogP) is 2.89. The average molecular weight is 321 g/mol. The number of nitrogens with zero attached hydrogens (tertiary/aromatic N) is 2. The Morgan fingerprint density at radius 1 is 1.18 bits per heavy atom. The summed E-state index contributed by atoms with van der Waals surface area (Å²) in [7, 11) is 0. The fourth-order valence-corrected chi connectivity index (χ4v) is 2.78. The number of nitrogens with two attached hydrogens (primary N) is 1. The van der Waals surface area contributed by atoms with Crippen molar-refractivity contribution in [2.45, 2.75) is 37.6 Å². The molecule has 0 aliphatic heterocycles. The fraction of sp³-hybridized carbons (Fsp3) is 0.375. The first-order chi connectivity index (χ1) is 10.2. The number of hydrogen-bond acceptors (Lipinski definition) is 3. The van der Waals surface area contributed by atoms with Gasteiger partial charge in [-0.25, -0.2) is 4.68 Å². The topological polar surface area (TPSA) is 72.9 Å². The molecular weight excluding hydrogens is 300 g/mol. The minimum absolute atomic E-state index is 0. The van der Waals surface area contributed by atoms with Gasteiger partial charge in [0, 0.05) is 18.1 Å². The first-order valence-corrected chi connectivity index (χ1v) is 7.38. The Kier molecular flexibility index (Phi) is 5.21. The van der Waals surface area contributed by atoms with E-state index in [4.69, 9.17) is 5.73 Å². The Labute approximate surface area is 136 Å². The van der Waals surface area contributed by atoms with Crippen LogP contribution in [0.4, 0.5) is 5.69 Å². The van der Waals surface area contributed by atoms with Crippen molar-refractivity contribution in [3.63, 3.8) is 0 Å². The van der Waals surface area contributed by atoms with E-state index in [2.05, 4.69) is 10.4 Å². The molecule has 1 aromatic carbocycles. The van der Waals surface area contributed by atoms with E-state index in [-0.39, 0.29) is 18.3 Å². The van der Waals surface area contributed by atoms with Crippen molar-refractivity contribution in [1.82, 2.24) is 9.78 Å². The monoisotopic (exact) mass is 320 g/mol. The molecule has 22 heavy (non-hydrogen) atoms. The SMILES string of the molecule is Cl.NC1(C(=O)Nc2ccc(-n3cccn3)cc2)CCCCC1. The van der Waals surface area contributed by atoms with Crippen LogP contribution >= 0.6 is 12.4 Å². The van der Waals surface area contributed by atoms with Gasteiger partial charge in [0.05, 0.1) is 11.2 Å². The van der Waals surface area contributed by atoms with Crippen LogP contribution in [0.1, 0.15) is 32.1 Å². The lowest BCUT2D eigenvalue weighted by molar-refractivity contribution is -0.122. The van der Waals surface area contributed by atoms with E-state index in [9.17, 15) is 4.79 Å². The second-order valence-electron chi connectivity index (χ2n) is 5.67. The van der Waals surface area contributed by atoms with Gasteiger partial charge in [0.25, 0.3) is 0 Å². The normalized spacial score (nSPS) is 16.6. The Balaban J connectivity index is 0.00000176. The van der Waals surface area contributed by atoms with Gasteiger partial charge in [-0.05, 0) is 43.2 Å². The maximum atomic E-state index is 12.3. The third-order valence-electron chi connectivity index (χ3n) is 4.09. The van der Waals surface area contributed by atoms with E-state index >= 15 is 0 Å². The zero-order chi connectivity index (χ0) is 14.7. The number of rotatable bonds is 3. The second kappa shape index (κ2) is 6.94.